The Balaban J connectivity index is 2.71. The zero-order chi connectivity index (χ0) is 35.6. The molecular formula is C35H65NO11S. The molecule has 1 fully saturated rings. The number of aliphatic hydroxyl groups is 4. The molecule has 7 unspecified atom stereocenters. The Morgan fingerprint density at radius 1 is 0.812 bits per heavy atom. The Labute approximate surface area is 289 Å². The Kier molecular flexibility index (Phi) is 25.4. The van der Waals surface area contributed by atoms with Crippen LogP contribution in [0.25, 0.3) is 0 Å². The molecule has 1 aliphatic heterocycles. The van der Waals surface area contributed by atoms with Crippen LogP contribution in [0.4, 0.5) is 0 Å². The van der Waals surface area contributed by atoms with E-state index in [-0.39, 0.29) is 18.9 Å². The van der Waals surface area contributed by atoms with Crippen LogP contribution < -0.4 is 5.32 Å². The summed E-state index contributed by atoms with van der Waals surface area (Å²) in [6.07, 6.45) is 18.2. The smallest absolute Gasteiger partial charge is 0.394 e. The molecule has 0 radical (unpaired) electrons. The molecule has 12 nitrogen and oxygen atoms in total. The van der Waals surface area contributed by atoms with Crippen LogP contribution in [0.15, 0.2) is 24.3 Å². The van der Waals surface area contributed by atoms with Crippen LogP contribution in [-0.4, -0.2) is 95.4 Å². The van der Waals surface area contributed by atoms with Gasteiger partial charge in [0, 0.05) is 6.42 Å². The first-order chi connectivity index (χ1) is 23.0. The summed E-state index contributed by atoms with van der Waals surface area (Å²) in [5.41, 5.74) is 0. The number of amides is 1. The number of ether oxygens (including phenoxy) is 2. The van der Waals surface area contributed by atoms with Crippen LogP contribution >= 0.6 is 0 Å². The molecule has 0 spiro atoms. The fourth-order valence-corrected chi connectivity index (χ4v) is 6.08. The lowest BCUT2D eigenvalue weighted by atomic mass is 9.99. The zero-order valence-electron chi connectivity index (χ0n) is 29.3. The van der Waals surface area contributed by atoms with Crippen molar-refractivity contribution in [3.05, 3.63) is 24.3 Å². The maximum absolute atomic E-state index is 12.8. The van der Waals surface area contributed by atoms with E-state index in [0.29, 0.717) is 6.42 Å². The van der Waals surface area contributed by atoms with Crippen LogP contribution in [0.3, 0.4) is 0 Å². The van der Waals surface area contributed by atoms with E-state index in [1.165, 1.54) is 70.6 Å². The molecule has 1 heterocycles. The second-order valence-corrected chi connectivity index (χ2v) is 13.9. The Morgan fingerprint density at radius 2 is 1.33 bits per heavy atom. The summed E-state index contributed by atoms with van der Waals surface area (Å²) in [6, 6.07) is -0.952. The van der Waals surface area contributed by atoms with Crippen molar-refractivity contribution < 1.29 is 51.8 Å². The van der Waals surface area contributed by atoms with Crippen LogP contribution in [0.1, 0.15) is 136 Å². The summed E-state index contributed by atoms with van der Waals surface area (Å²) in [7, 11) is -5.08. The third kappa shape index (κ3) is 20.9. The Bertz CT molecular complexity index is 978. The second-order valence-electron chi connectivity index (χ2n) is 12.8. The summed E-state index contributed by atoms with van der Waals surface area (Å²) >= 11 is 0. The molecule has 13 heteroatoms. The highest BCUT2D eigenvalue weighted by Crippen LogP contribution is 2.26. The van der Waals surface area contributed by atoms with Crippen LogP contribution in [-0.2, 0) is 28.9 Å². The molecule has 1 saturated heterocycles. The topological polar surface area (TPSA) is 192 Å². The lowest BCUT2D eigenvalue weighted by molar-refractivity contribution is -0.298. The van der Waals surface area contributed by atoms with Gasteiger partial charge in [-0.2, -0.15) is 8.42 Å². The lowest BCUT2D eigenvalue weighted by Crippen LogP contribution is -2.61. The summed E-state index contributed by atoms with van der Waals surface area (Å²) in [4.78, 5) is 12.8. The van der Waals surface area contributed by atoms with Crippen molar-refractivity contribution in [1.29, 1.82) is 0 Å². The second kappa shape index (κ2) is 27.3. The average Bonchev–Trinajstić information content (AvgIpc) is 3.04. The number of nitrogens with one attached hydrogen (secondary N) is 1. The van der Waals surface area contributed by atoms with Crippen molar-refractivity contribution in [3.63, 3.8) is 0 Å². The molecule has 0 aromatic heterocycles. The first kappa shape index (κ1) is 44.6. The molecule has 1 rings (SSSR count). The normalized spacial score (nSPS) is 23.2. The van der Waals surface area contributed by atoms with E-state index in [1.54, 1.807) is 6.08 Å². The van der Waals surface area contributed by atoms with Crippen molar-refractivity contribution in [2.24, 2.45) is 0 Å². The fourth-order valence-electron chi connectivity index (χ4n) is 5.57. The van der Waals surface area contributed by atoms with Crippen LogP contribution in [0.5, 0.6) is 0 Å². The van der Waals surface area contributed by atoms with Gasteiger partial charge in [0.2, 0.25) is 5.91 Å². The summed E-state index contributed by atoms with van der Waals surface area (Å²) in [5.74, 6) is -0.302. The monoisotopic (exact) mass is 707 g/mol. The minimum Gasteiger partial charge on any atom is -0.394 e. The van der Waals surface area contributed by atoms with Crippen molar-refractivity contribution >= 4 is 16.3 Å². The Morgan fingerprint density at radius 3 is 1.90 bits per heavy atom. The molecule has 0 aromatic carbocycles. The van der Waals surface area contributed by atoms with Crippen molar-refractivity contribution in [2.45, 2.75) is 179 Å². The predicted molar refractivity (Wildman–Crippen MR) is 185 cm³/mol. The molecule has 0 bridgehead atoms. The number of rotatable bonds is 29. The summed E-state index contributed by atoms with van der Waals surface area (Å²) in [5, 5.41) is 44.2. The lowest BCUT2D eigenvalue weighted by Gasteiger charge is -2.41. The number of hydrogen-bond donors (Lipinski definition) is 6. The van der Waals surface area contributed by atoms with Gasteiger partial charge in [0.1, 0.15) is 24.4 Å². The average molecular weight is 708 g/mol. The molecule has 0 aliphatic carbocycles. The van der Waals surface area contributed by atoms with E-state index in [9.17, 15) is 33.6 Å². The predicted octanol–water partition coefficient (Wildman–Crippen LogP) is 5.04. The molecule has 0 aromatic rings. The number of carbonyl (C=O) groups is 1. The SMILES string of the molecule is CCCCCC/C=C\CCCC(=O)NC(COC1OC(CO)C(O)C(OS(=O)(=O)O)C1O)C(O)/C=C/CCCCCCCCCCCC. The van der Waals surface area contributed by atoms with Crippen molar-refractivity contribution in [2.75, 3.05) is 13.2 Å². The number of carbonyl (C=O) groups excluding carboxylic acids is 1. The minimum atomic E-state index is -5.08. The van der Waals surface area contributed by atoms with Gasteiger partial charge in [-0.15, -0.1) is 0 Å². The highest BCUT2D eigenvalue weighted by Gasteiger charge is 2.48. The maximum Gasteiger partial charge on any atom is 0.397 e. The zero-order valence-corrected chi connectivity index (χ0v) is 30.1. The molecular weight excluding hydrogens is 642 g/mol. The number of aliphatic hydroxyl groups excluding tert-OH is 4. The van der Waals surface area contributed by atoms with E-state index in [2.05, 4.69) is 35.5 Å². The largest absolute Gasteiger partial charge is 0.397 e. The van der Waals surface area contributed by atoms with Gasteiger partial charge in [0.15, 0.2) is 6.29 Å². The van der Waals surface area contributed by atoms with Crippen molar-refractivity contribution in [3.8, 4) is 0 Å². The quantitative estimate of drug-likeness (QED) is 0.0347. The van der Waals surface area contributed by atoms with Gasteiger partial charge in [-0.1, -0.05) is 115 Å². The van der Waals surface area contributed by atoms with E-state index < -0.39 is 59.9 Å². The van der Waals surface area contributed by atoms with Gasteiger partial charge in [0.25, 0.3) is 0 Å². The summed E-state index contributed by atoms with van der Waals surface area (Å²) in [6.45, 7) is 3.27. The number of allylic oxidation sites excluding steroid dienone is 3. The van der Waals surface area contributed by atoms with Gasteiger partial charge in [-0.3, -0.25) is 9.35 Å². The van der Waals surface area contributed by atoms with E-state index in [1.807, 2.05) is 6.08 Å². The molecule has 48 heavy (non-hydrogen) atoms. The molecule has 1 aliphatic rings. The molecule has 6 N–H and O–H groups in total. The van der Waals surface area contributed by atoms with Gasteiger partial charge < -0.3 is 35.2 Å². The summed E-state index contributed by atoms with van der Waals surface area (Å²) < 4.78 is 47.2. The standard InChI is InChI=1S/C35H65NO11S/c1-3-5-7-9-11-13-14-15-17-18-20-22-24-29(38)28(36-31(39)25-23-21-19-16-12-10-8-6-4-2)27-45-35-33(41)34(47-48(42,43)44)32(40)30(26-37)46-35/h16,19,22,24,28-30,32-35,37-38,40-41H,3-15,17-18,20-21,23,25-27H2,1-2H3,(H,36,39)(H,42,43,44)/b19-16-,24-22+. The van der Waals surface area contributed by atoms with Gasteiger partial charge in [-0.05, 0) is 38.5 Å². The highest BCUT2D eigenvalue weighted by molar-refractivity contribution is 7.80. The number of hydrogen-bond acceptors (Lipinski definition) is 10. The molecule has 7 atom stereocenters. The van der Waals surface area contributed by atoms with Gasteiger partial charge in [-0.25, -0.2) is 4.18 Å². The van der Waals surface area contributed by atoms with Gasteiger partial charge in [0.05, 0.1) is 25.4 Å². The Hall–Kier alpha value is -1.42. The first-order valence-electron chi connectivity index (χ1n) is 18.2. The van der Waals surface area contributed by atoms with Crippen molar-refractivity contribution in [1.82, 2.24) is 5.32 Å². The first-order valence-corrected chi connectivity index (χ1v) is 19.6. The molecule has 1 amide bonds. The highest BCUT2D eigenvalue weighted by atomic mass is 32.3. The minimum absolute atomic E-state index is 0.220. The fraction of sp³-hybridized carbons (Fsp3) is 0.857. The third-order valence-corrected chi connectivity index (χ3v) is 8.94. The molecule has 0 saturated carbocycles. The molecule has 282 valence electrons. The third-order valence-electron chi connectivity index (χ3n) is 8.48. The maximum atomic E-state index is 12.8. The van der Waals surface area contributed by atoms with Crippen LogP contribution in [0.2, 0.25) is 0 Å². The van der Waals surface area contributed by atoms with E-state index in [0.717, 1.165) is 38.5 Å². The number of unbranched alkanes of at least 4 members (excludes halogenated alkanes) is 15. The van der Waals surface area contributed by atoms with E-state index >= 15 is 0 Å². The van der Waals surface area contributed by atoms with Gasteiger partial charge >= 0.3 is 10.4 Å². The van der Waals surface area contributed by atoms with E-state index in [4.69, 9.17) is 14.0 Å². The van der Waals surface area contributed by atoms with Crippen LogP contribution in [0, 0.1) is 0 Å².